The average molecular weight is 414 g/mol. The molecule has 0 fully saturated rings. The van der Waals surface area contributed by atoms with Crippen molar-refractivity contribution in [2.75, 3.05) is 7.11 Å². The first kappa shape index (κ1) is 21.4. The van der Waals surface area contributed by atoms with Gasteiger partial charge in [0.2, 0.25) is 5.82 Å². The molecule has 0 N–H and O–H groups in total. The Bertz CT molecular complexity index is 902. The van der Waals surface area contributed by atoms with Gasteiger partial charge in [-0.15, -0.1) is 21.5 Å². The lowest BCUT2D eigenvalue weighted by molar-refractivity contribution is 0.409. The van der Waals surface area contributed by atoms with Gasteiger partial charge in [-0.25, -0.2) is 4.98 Å². The van der Waals surface area contributed by atoms with E-state index in [1.807, 2.05) is 19.1 Å². The topological polar surface area (TPSA) is 65.7 Å². The summed E-state index contributed by atoms with van der Waals surface area (Å²) < 4.78 is 5.55. The molecule has 0 amide bonds. The monoisotopic (exact) mass is 413 g/mol. The van der Waals surface area contributed by atoms with Crippen LogP contribution in [0.2, 0.25) is 0 Å². The molecule has 0 radical (unpaired) electrons. The fourth-order valence-corrected chi connectivity index (χ4v) is 4.15. The van der Waals surface area contributed by atoms with E-state index in [9.17, 15) is 0 Å². The second kappa shape index (κ2) is 10.5. The largest absolute Gasteiger partial charge is 0.496 e. The van der Waals surface area contributed by atoms with Gasteiger partial charge in [0.25, 0.3) is 0 Å². The fraction of sp³-hybridized carbons (Fsp3) is 0.545. The van der Waals surface area contributed by atoms with E-state index in [1.54, 1.807) is 23.2 Å². The van der Waals surface area contributed by atoms with E-state index in [-0.39, 0.29) is 0 Å². The third kappa shape index (κ3) is 5.85. The lowest BCUT2D eigenvalue weighted by Crippen LogP contribution is -1.98. The molecule has 1 aromatic carbocycles. The van der Waals surface area contributed by atoms with Crippen molar-refractivity contribution in [3.8, 4) is 17.1 Å². The van der Waals surface area contributed by atoms with Crippen molar-refractivity contribution >= 4 is 11.3 Å². The maximum absolute atomic E-state index is 5.55. The van der Waals surface area contributed by atoms with E-state index < -0.39 is 0 Å². The van der Waals surface area contributed by atoms with Crippen LogP contribution in [0.15, 0.2) is 23.6 Å². The molecule has 3 aromatic rings. The van der Waals surface area contributed by atoms with Gasteiger partial charge in [-0.2, -0.15) is 4.80 Å². The summed E-state index contributed by atoms with van der Waals surface area (Å²) in [6, 6.07) is 6.14. The van der Waals surface area contributed by atoms with E-state index in [1.165, 1.54) is 35.5 Å². The molecule has 0 unspecified atom stereocenters. The molecule has 6 nitrogen and oxygen atoms in total. The number of tetrazole rings is 1. The fourth-order valence-electron chi connectivity index (χ4n) is 3.28. The zero-order chi connectivity index (χ0) is 20.6. The Labute approximate surface area is 177 Å². The number of hydrogen-bond donors (Lipinski definition) is 0. The molecule has 0 saturated heterocycles. The van der Waals surface area contributed by atoms with Crippen LogP contribution < -0.4 is 4.74 Å². The highest BCUT2D eigenvalue weighted by atomic mass is 32.1. The van der Waals surface area contributed by atoms with Gasteiger partial charge in [-0.05, 0) is 61.6 Å². The minimum atomic E-state index is 0.529. The second-order valence-corrected chi connectivity index (χ2v) is 8.46. The summed E-state index contributed by atoms with van der Waals surface area (Å²) in [7, 11) is 1.73. The van der Waals surface area contributed by atoms with E-state index in [4.69, 9.17) is 9.72 Å². The highest BCUT2D eigenvalue weighted by molar-refractivity contribution is 7.09. The van der Waals surface area contributed by atoms with E-state index in [2.05, 4.69) is 40.7 Å². The predicted octanol–water partition coefficient (Wildman–Crippen LogP) is 5.29. The molecule has 2 aromatic heterocycles. The number of methoxy groups -OCH3 is 1. The van der Waals surface area contributed by atoms with Gasteiger partial charge < -0.3 is 4.74 Å². The van der Waals surface area contributed by atoms with Crippen LogP contribution in [0.5, 0.6) is 5.75 Å². The quantitative estimate of drug-likeness (QED) is 0.399. The number of hydrogen-bond acceptors (Lipinski definition) is 6. The van der Waals surface area contributed by atoms with Crippen LogP contribution in [-0.4, -0.2) is 32.3 Å². The third-order valence-electron chi connectivity index (χ3n) is 4.97. The zero-order valence-electron chi connectivity index (χ0n) is 17.9. The Morgan fingerprint density at radius 3 is 2.55 bits per heavy atom. The number of ether oxygens (including phenoxy) is 1. The minimum Gasteiger partial charge on any atom is -0.496 e. The van der Waals surface area contributed by atoms with E-state index in [0.29, 0.717) is 11.7 Å². The molecule has 156 valence electrons. The smallest absolute Gasteiger partial charge is 0.204 e. The van der Waals surface area contributed by atoms with Crippen molar-refractivity contribution < 1.29 is 4.74 Å². The molecular formula is C22H31N5OS. The number of aromatic nitrogens is 5. The number of unbranched alkanes of at least 4 members (excludes halogenated alkanes) is 3. The molecule has 0 aliphatic rings. The van der Waals surface area contributed by atoms with Crippen LogP contribution in [0.25, 0.3) is 11.4 Å². The van der Waals surface area contributed by atoms with Crippen LogP contribution in [-0.2, 0) is 19.4 Å². The summed E-state index contributed by atoms with van der Waals surface area (Å²) in [5.74, 6) is 2.13. The van der Waals surface area contributed by atoms with E-state index >= 15 is 0 Å². The average Bonchev–Trinajstić information content (AvgIpc) is 3.40. The molecule has 2 heterocycles. The van der Waals surface area contributed by atoms with Gasteiger partial charge >= 0.3 is 0 Å². The Balaban J connectivity index is 1.48. The van der Waals surface area contributed by atoms with Gasteiger partial charge in [0.05, 0.1) is 24.4 Å². The summed E-state index contributed by atoms with van der Waals surface area (Å²) in [5.41, 5.74) is 3.45. The second-order valence-electron chi connectivity index (χ2n) is 7.57. The molecule has 7 heteroatoms. The standard InChI is InChI=1S/C22H31N5OS/c1-5-27-25-21(24-26-27)18-12-13-20(28-4)17(14-18)10-8-6-7-9-11-19-15-29-22(23-19)16(2)3/h12-16H,5-11H2,1-4H3. The van der Waals surface area contributed by atoms with Crippen molar-refractivity contribution in [3.05, 3.63) is 39.8 Å². The van der Waals surface area contributed by atoms with Gasteiger partial charge in [0.1, 0.15) is 5.75 Å². The third-order valence-corrected chi connectivity index (χ3v) is 6.16. The maximum atomic E-state index is 5.55. The van der Waals surface area contributed by atoms with Gasteiger partial charge in [0.15, 0.2) is 0 Å². The molecule has 0 aliphatic heterocycles. The van der Waals surface area contributed by atoms with Crippen LogP contribution in [0.4, 0.5) is 0 Å². The summed E-state index contributed by atoms with van der Waals surface area (Å²) in [6.45, 7) is 7.13. The SMILES string of the molecule is CCn1nnc(-c2ccc(OC)c(CCCCCCc3csc(C(C)C)n3)c2)n1. The van der Waals surface area contributed by atoms with Gasteiger partial charge in [0, 0.05) is 16.9 Å². The molecule has 3 rings (SSSR count). The first-order valence-corrected chi connectivity index (χ1v) is 11.4. The number of rotatable bonds is 11. The molecule has 0 atom stereocenters. The van der Waals surface area contributed by atoms with Crippen molar-refractivity contribution in [2.24, 2.45) is 0 Å². The number of thiazole rings is 1. The predicted molar refractivity (Wildman–Crippen MR) is 118 cm³/mol. The highest BCUT2D eigenvalue weighted by Crippen LogP contribution is 2.26. The van der Waals surface area contributed by atoms with Crippen molar-refractivity contribution in [3.63, 3.8) is 0 Å². The van der Waals surface area contributed by atoms with Crippen molar-refractivity contribution in [2.45, 2.75) is 71.8 Å². The Hall–Kier alpha value is -2.28. The highest BCUT2D eigenvalue weighted by Gasteiger charge is 2.10. The van der Waals surface area contributed by atoms with Crippen LogP contribution in [0.3, 0.4) is 0 Å². The summed E-state index contributed by atoms with van der Waals surface area (Å²) in [4.78, 5) is 6.33. The number of aryl methyl sites for hydroxylation is 3. The van der Waals surface area contributed by atoms with Crippen molar-refractivity contribution in [1.82, 2.24) is 25.2 Å². The van der Waals surface area contributed by atoms with Gasteiger partial charge in [-0.1, -0.05) is 26.7 Å². The van der Waals surface area contributed by atoms with Gasteiger partial charge in [-0.3, -0.25) is 0 Å². The van der Waals surface area contributed by atoms with Crippen LogP contribution >= 0.6 is 11.3 Å². The molecular weight excluding hydrogens is 382 g/mol. The first-order valence-electron chi connectivity index (χ1n) is 10.5. The summed E-state index contributed by atoms with van der Waals surface area (Å²) >= 11 is 1.79. The minimum absolute atomic E-state index is 0.529. The Morgan fingerprint density at radius 1 is 1.10 bits per heavy atom. The lowest BCUT2D eigenvalue weighted by Gasteiger charge is -2.09. The van der Waals surface area contributed by atoms with E-state index in [0.717, 1.165) is 37.1 Å². The molecule has 0 spiro atoms. The van der Waals surface area contributed by atoms with Crippen LogP contribution in [0, 0.1) is 0 Å². The number of benzene rings is 1. The zero-order valence-corrected chi connectivity index (χ0v) is 18.7. The maximum Gasteiger partial charge on any atom is 0.204 e. The Morgan fingerprint density at radius 2 is 1.90 bits per heavy atom. The number of nitrogens with zero attached hydrogens (tertiary/aromatic N) is 5. The molecule has 0 bridgehead atoms. The normalized spacial score (nSPS) is 11.3. The molecule has 0 saturated carbocycles. The first-order chi connectivity index (χ1) is 14.1. The van der Waals surface area contributed by atoms with Crippen molar-refractivity contribution in [1.29, 1.82) is 0 Å². The Kier molecular flexibility index (Phi) is 7.75. The summed E-state index contributed by atoms with van der Waals surface area (Å²) in [6.07, 6.45) is 6.85. The molecule has 29 heavy (non-hydrogen) atoms. The summed E-state index contributed by atoms with van der Waals surface area (Å²) in [5, 5.41) is 16.1. The molecule has 0 aliphatic carbocycles. The van der Waals surface area contributed by atoms with Crippen LogP contribution in [0.1, 0.15) is 68.6 Å². The lowest BCUT2D eigenvalue weighted by atomic mass is 10.0.